The number of carbonyl (C=O) groups is 1. The van der Waals surface area contributed by atoms with Gasteiger partial charge in [0.05, 0.1) is 5.69 Å². The van der Waals surface area contributed by atoms with Crippen LogP contribution in [0.4, 0.5) is 5.69 Å². The first-order valence-corrected chi connectivity index (χ1v) is 7.71. The van der Waals surface area contributed by atoms with Crippen LogP contribution in [0.15, 0.2) is 65.8 Å². The summed E-state index contributed by atoms with van der Waals surface area (Å²) in [4.78, 5) is 27.4. The van der Waals surface area contributed by atoms with Crippen molar-refractivity contribution in [2.75, 3.05) is 5.32 Å². The summed E-state index contributed by atoms with van der Waals surface area (Å²) in [6.07, 6.45) is 3.29. The Morgan fingerprint density at radius 3 is 2.64 bits per heavy atom. The zero-order valence-corrected chi connectivity index (χ0v) is 13.4. The Morgan fingerprint density at radius 2 is 1.92 bits per heavy atom. The molecule has 0 saturated heterocycles. The molecule has 0 spiro atoms. The standard InChI is InChI=1S/C18H15N5O2/c1-22-11-20-23(18(22)25)15-6-4-14(5-7-15)21-17(24)13-3-2-12-8-9-19-16(12)10-13/h2-11,19H,1H3,(H,21,24). The fourth-order valence-electron chi connectivity index (χ4n) is 2.63. The van der Waals surface area contributed by atoms with Crippen LogP contribution in [0.1, 0.15) is 10.4 Å². The summed E-state index contributed by atoms with van der Waals surface area (Å²) in [6.45, 7) is 0. The molecule has 2 aromatic heterocycles. The Balaban J connectivity index is 1.55. The van der Waals surface area contributed by atoms with Gasteiger partial charge in [-0.1, -0.05) is 6.07 Å². The van der Waals surface area contributed by atoms with E-state index >= 15 is 0 Å². The first-order chi connectivity index (χ1) is 12.1. The fraction of sp³-hybridized carbons (Fsp3) is 0.0556. The monoisotopic (exact) mass is 333 g/mol. The van der Waals surface area contributed by atoms with Gasteiger partial charge in [0.1, 0.15) is 6.33 Å². The number of carbonyl (C=O) groups excluding carboxylic acids is 1. The molecule has 0 aliphatic rings. The molecule has 0 fully saturated rings. The van der Waals surface area contributed by atoms with Gasteiger partial charge in [-0.2, -0.15) is 9.78 Å². The molecule has 0 aliphatic carbocycles. The Kier molecular flexibility index (Phi) is 3.46. The number of nitrogens with zero attached hydrogens (tertiary/aromatic N) is 3. The minimum absolute atomic E-state index is 0.195. The molecule has 0 atom stereocenters. The number of nitrogens with one attached hydrogen (secondary N) is 2. The van der Waals surface area contributed by atoms with Gasteiger partial charge in [0.15, 0.2) is 0 Å². The Hall–Kier alpha value is -3.61. The van der Waals surface area contributed by atoms with Crippen molar-refractivity contribution in [3.63, 3.8) is 0 Å². The summed E-state index contributed by atoms with van der Waals surface area (Å²) in [5.41, 5.74) is 2.54. The lowest BCUT2D eigenvalue weighted by atomic mass is 10.1. The summed E-state index contributed by atoms with van der Waals surface area (Å²) in [7, 11) is 1.64. The van der Waals surface area contributed by atoms with E-state index < -0.39 is 0 Å². The van der Waals surface area contributed by atoms with Crippen LogP contribution in [0.25, 0.3) is 16.6 Å². The Labute approximate surface area is 142 Å². The van der Waals surface area contributed by atoms with Crippen molar-refractivity contribution in [3.05, 3.63) is 77.1 Å². The summed E-state index contributed by atoms with van der Waals surface area (Å²) in [5, 5.41) is 7.93. The van der Waals surface area contributed by atoms with Gasteiger partial charge in [-0.15, -0.1) is 0 Å². The van der Waals surface area contributed by atoms with E-state index in [-0.39, 0.29) is 11.6 Å². The molecule has 7 nitrogen and oxygen atoms in total. The lowest BCUT2D eigenvalue weighted by Crippen LogP contribution is -2.21. The maximum Gasteiger partial charge on any atom is 0.350 e. The molecule has 2 aromatic carbocycles. The highest BCUT2D eigenvalue weighted by atomic mass is 16.2. The molecule has 25 heavy (non-hydrogen) atoms. The highest BCUT2D eigenvalue weighted by Gasteiger charge is 2.09. The van der Waals surface area contributed by atoms with Gasteiger partial charge in [-0.25, -0.2) is 4.79 Å². The second-order valence-corrected chi connectivity index (χ2v) is 5.72. The molecule has 2 N–H and O–H groups in total. The van der Waals surface area contributed by atoms with Gasteiger partial charge < -0.3 is 10.3 Å². The number of H-pyrrole nitrogens is 1. The second-order valence-electron chi connectivity index (χ2n) is 5.72. The van der Waals surface area contributed by atoms with Crippen LogP contribution in [-0.4, -0.2) is 25.2 Å². The predicted molar refractivity (Wildman–Crippen MR) is 95.1 cm³/mol. The van der Waals surface area contributed by atoms with Gasteiger partial charge >= 0.3 is 5.69 Å². The van der Waals surface area contributed by atoms with Gasteiger partial charge in [-0.05, 0) is 47.9 Å². The van der Waals surface area contributed by atoms with E-state index in [1.165, 1.54) is 15.6 Å². The number of amides is 1. The van der Waals surface area contributed by atoms with Gasteiger partial charge in [0.2, 0.25) is 0 Å². The molecule has 0 aliphatic heterocycles. The number of rotatable bonds is 3. The molecule has 0 bridgehead atoms. The summed E-state index contributed by atoms with van der Waals surface area (Å²) in [5.74, 6) is -0.195. The van der Waals surface area contributed by atoms with Crippen molar-refractivity contribution in [1.82, 2.24) is 19.3 Å². The largest absolute Gasteiger partial charge is 0.361 e. The third-order valence-corrected chi connectivity index (χ3v) is 4.01. The van der Waals surface area contributed by atoms with Crippen LogP contribution >= 0.6 is 0 Å². The first kappa shape index (κ1) is 14.9. The molecule has 2 heterocycles. The number of aromatic amines is 1. The number of benzene rings is 2. The van der Waals surface area contributed by atoms with Crippen molar-refractivity contribution in [2.45, 2.75) is 0 Å². The maximum atomic E-state index is 12.4. The van der Waals surface area contributed by atoms with Gasteiger partial charge in [0, 0.05) is 30.0 Å². The quantitative estimate of drug-likeness (QED) is 0.603. The van der Waals surface area contributed by atoms with Crippen LogP contribution in [0.5, 0.6) is 0 Å². The number of hydrogen-bond acceptors (Lipinski definition) is 3. The van der Waals surface area contributed by atoms with Crippen molar-refractivity contribution in [2.24, 2.45) is 7.05 Å². The third-order valence-electron chi connectivity index (χ3n) is 4.01. The van der Waals surface area contributed by atoms with Crippen LogP contribution in [0, 0.1) is 0 Å². The van der Waals surface area contributed by atoms with Crippen molar-refractivity contribution < 1.29 is 4.79 Å². The fourth-order valence-corrected chi connectivity index (χ4v) is 2.63. The lowest BCUT2D eigenvalue weighted by molar-refractivity contribution is 0.102. The first-order valence-electron chi connectivity index (χ1n) is 7.71. The minimum atomic E-state index is -0.226. The van der Waals surface area contributed by atoms with Crippen LogP contribution in [0.2, 0.25) is 0 Å². The smallest absolute Gasteiger partial charge is 0.350 e. The van der Waals surface area contributed by atoms with Crippen molar-refractivity contribution in [3.8, 4) is 5.69 Å². The third kappa shape index (κ3) is 2.72. The van der Waals surface area contributed by atoms with Crippen LogP contribution in [0.3, 0.4) is 0 Å². The van der Waals surface area contributed by atoms with Gasteiger partial charge in [0.25, 0.3) is 5.91 Å². The Morgan fingerprint density at radius 1 is 1.12 bits per heavy atom. The maximum absolute atomic E-state index is 12.4. The molecule has 7 heteroatoms. The van der Waals surface area contributed by atoms with Crippen LogP contribution in [-0.2, 0) is 7.05 Å². The summed E-state index contributed by atoms with van der Waals surface area (Å²) >= 11 is 0. The number of fused-ring (bicyclic) bond motifs is 1. The molecule has 124 valence electrons. The molecular weight excluding hydrogens is 318 g/mol. The topological polar surface area (TPSA) is 84.7 Å². The van der Waals surface area contributed by atoms with Gasteiger partial charge in [-0.3, -0.25) is 9.36 Å². The lowest BCUT2D eigenvalue weighted by Gasteiger charge is -2.07. The average molecular weight is 333 g/mol. The van der Waals surface area contributed by atoms with E-state index in [2.05, 4.69) is 15.4 Å². The second kappa shape index (κ2) is 5.79. The van der Waals surface area contributed by atoms with Crippen molar-refractivity contribution in [1.29, 1.82) is 0 Å². The normalized spacial score (nSPS) is 10.9. The highest BCUT2D eigenvalue weighted by molar-refractivity contribution is 6.06. The summed E-state index contributed by atoms with van der Waals surface area (Å²) < 4.78 is 2.69. The van der Waals surface area contributed by atoms with E-state index in [1.807, 2.05) is 24.4 Å². The number of aromatic nitrogens is 4. The number of aryl methyl sites for hydroxylation is 1. The van der Waals surface area contributed by atoms with Crippen LogP contribution < -0.4 is 11.0 Å². The molecular formula is C18H15N5O2. The molecule has 4 rings (SSSR count). The molecule has 0 unspecified atom stereocenters. The van der Waals surface area contributed by atoms with E-state index in [9.17, 15) is 9.59 Å². The number of anilines is 1. The Bertz CT molecular complexity index is 1120. The summed E-state index contributed by atoms with van der Waals surface area (Å²) in [6, 6.07) is 14.4. The van der Waals surface area contributed by atoms with E-state index in [0.29, 0.717) is 16.9 Å². The zero-order valence-electron chi connectivity index (χ0n) is 13.4. The highest BCUT2D eigenvalue weighted by Crippen LogP contribution is 2.16. The predicted octanol–water partition coefficient (Wildman–Crippen LogP) is 2.30. The molecule has 0 saturated carbocycles. The van der Waals surface area contributed by atoms with Crippen molar-refractivity contribution >= 4 is 22.5 Å². The number of hydrogen-bond donors (Lipinski definition) is 2. The molecule has 1 amide bonds. The molecule has 4 aromatic rings. The molecule has 0 radical (unpaired) electrons. The SMILES string of the molecule is Cn1cnn(-c2ccc(NC(=O)c3ccc4cc[nH]c4c3)cc2)c1=O. The minimum Gasteiger partial charge on any atom is -0.361 e. The average Bonchev–Trinajstić information content (AvgIpc) is 3.22. The van der Waals surface area contributed by atoms with E-state index in [1.54, 1.807) is 37.4 Å². The van der Waals surface area contributed by atoms with E-state index in [4.69, 9.17) is 0 Å². The van der Waals surface area contributed by atoms with E-state index in [0.717, 1.165) is 10.9 Å². The zero-order chi connectivity index (χ0) is 17.4.